The highest BCUT2D eigenvalue weighted by Gasteiger charge is 2.48. The highest BCUT2D eigenvalue weighted by atomic mass is 19.1. The minimum atomic E-state index is -0.538. The number of nitrogens with one attached hydrogen (secondary N) is 1. The fraction of sp³-hybridized carbons (Fsp3) is 0.600. The van der Waals surface area contributed by atoms with E-state index in [1.807, 2.05) is 26.8 Å². The van der Waals surface area contributed by atoms with Gasteiger partial charge in [-0.1, -0.05) is 0 Å². The summed E-state index contributed by atoms with van der Waals surface area (Å²) in [6.07, 6.45) is 3.48. The summed E-state index contributed by atoms with van der Waals surface area (Å²) in [6, 6.07) is 2.78. The van der Waals surface area contributed by atoms with Crippen molar-refractivity contribution in [2.24, 2.45) is 12.5 Å². The average molecular weight is 486 g/mol. The van der Waals surface area contributed by atoms with Crippen molar-refractivity contribution in [2.75, 3.05) is 24.5 Å². The number of benzene rings is 1. The van der Waals surface area contributed by atoms with Gasteiger partial charge >= 0.3 is 12.1 Å². The largest absolute Gasteiger partial charge is 0.444 e. The van der Waals surface area contributed by atoms with E-state index < -0.39 is 11.6 Å². The van der Waals surface area contributed by atoms with E-state index in [4.69, 9.17) is 4.74 Å². The summed E-state index contributed by atoms with van der Waals surface area (Å²) < 4.78 is 22.5. The minimum Gasteiger partial charge on any atom is -0.444 e. The number of imide groups is 1. The van der Waals surface area contributed by atoms with Crippen LogP contribution in [0.1, 0.15) is 64.4 Å². The number of carbonyl (C=O) groups excluding carboxylic acids is 3. The molecule has 0 radical (unpaired) electrons. The quantitative estimate of drug-likeness (QED) is 0.692. The van der Waals surface area contributed by atoms with Gasteiger partial charge in [-0.25, -0.2) is 14.0 Å². The summed E-state index contributed by atoms with van der Waals surface area (Å²) in [5.74, 6) is -0.152. The lowest BCUT2D eigenvalue weighted by molar-refractivity contribution is -0.120. The van der Waals surface area contributed by atoms with Crippen LogP contribution < -0.4 is 10.2 Å². The molecule has 4 amide bonds. The van der Waals surface area contributed by atoms with Gasteiger partial charge in [0.2, 0.25) is 5.91 Å². The van der Waals surface area contributed by atoms with Gasteiger partial charge in [-0.15, -0.1) is 0 Å². The Morgan fingerprint density at radius 2 is 1.86 bits per heavy atom. The van der Waals surface area contributed by atoms with Crippen LogP contribution in [-0.2, 0) is 16.6 Å². The van der Waals surface area contributed by atoms with Crippen LogP contribution in [0.5, 0.6) is 0 Å². The molecule has 3 fully saturated rings. The second-order valence-corrected chi connectivity index (χ2v) is 11.2. The van der Waals surface area contributed by atoms with Crippen molar-refractivity contribution in [1.29, 1.82) is 0 Å². The summed E-state index contributed by atoms with van der Waals surface area (Å²) >= 11 is 0. The Hall–Kier alpha value is -3.17. The highest BCUT2D eigenvalue weighted by molar-refractivity contribution is 6.08. The Labute approximate surface area is 203 Å². The Balaban J connectivity index is 1.29. The summed E-state index contributed by atoms with van der Waals surface area (Å²) in [6.45, 7) is 7.14. The first-order valence-electron chi connectivity index (χ1n) is 12.2. The van der Waals surface area contributed by atoms with Gasteiger partial charge in [0, 0.05) is 38.5 Å². The predicted octanol–water partition coefficient (Wildman–Crippen LogP) is 4.05. The number of aryl methyl sites for hydroxylation is 1. The molecule has 1 aromatic heterocycles. The number of nitrogens with zero attached hydrogens (tertiary/aromatic N) is 4. The maximum Gasteiger partial charge on any atom is 0.410 e. The molecule has 0 unspecified atom stereocenters. The molecule has 1 aliphatic carbocycles. The second-order valence-electron chi connectivity index (χ2n) is 11.2. The number of carbonyl (C=O) groups is 3. The number of halogens is 1. The number of piperidine rings is 1. The SMILES string of the molecule is Cn1nc(N2CCC(=O)NC2=O)c2cc(F)c(C3CC4(CCN(C(=O)OC(C)(C)C)CC4)C3)cc21. The standard InChI is InChI=1S/C25H32FN5O4/c1-24(2,3)35-23(34)30-9-6-25(7-10-30)13-15(14-25)16-12-19-17(11-18(16)26)21(28-29(19)4)31-8-5-20(32)27-22(31)33/h11-12,15H,5-10,13-14H2,1-4H3,(H,27,32,33). The maximum atomic E-state index is 15.3. The van der Waals surface area contributed by atoms with Gasteiger partial charge in [-0.3, -0.25) is 19.7 Å². The normalized spacial score (nSPS) is 20.8. The highest BCUT2D eigenvalue weighted by Crippen LogP contribution is 2.57. The zero-order valence-electron chi connectivity index (χ0n) is 20.7. The number of amides is 4. The molecule has 0 bridgehead atoms. The van der Waals surface area contributed by atoms with E-state index in [2.05, 4.69) is 10.4 Å². The molecule has 1 aromatic carbocycles. The van der Waals surface area contributed by atoms with E-state index in [0.29, 0.717) is 29.9 Å². The van der Waals surface area contributed by atoms with Gasteiger partial charge in [-0.05, 0) is 75.5 Å². The third-order valence-corrected chi connectivity index (χ3v) is 7.53. The van der Waals surface area contributed by atoms with Crippen LogP contribution in [-0.4, -0.2) is 57.9 Å². The zero-order chi connectivity index (χ0) is 25.1. The van der Waals surface area contributed by atoms with Crippen molar-refractivity contribution in [1.82, 2.24) is 20.0 Å². The van der Waals surface area contributed by atoms with Crippen molar-refractivity contribution in [2.45, 2.75) is 64.4 Å². The number of ether oxygens (including phenoxy) is 1. The van der Waals surface area contributed by atoms with Gasteiger partial charge < -0.3 is 9.64 Å². The van der Waals surface area contributed by atoms with Crippen LogP contribution >= 0.6 is 0 Å². The van der Waals surface area contributed by atoms with Crippen LogP contribution in [0, 0.1) is 11.2 Å². The fourth-order valence-corrected chi connectivity index (χ4v) is 5.66. The van der Waals surface area contributed by atoms with Gasteiger partial charge in [0.25, 0.3) is 0 Å². The Morgan fingerprint density at radius 1 is 1.17 bits per heavy atom. The minimum absolute atomic E-state index is 0.113. The summed E-state index contributed by atoms with van der Waals surface area (Å²) in [5, 5.41) is 7.31. The molecule has 5 rings (SSSR count). The molecule has 0 atom stereocenters. The number of urea groups is 1. The van der Waals surface area contributed by atoms with Crippen molar-refractivity contribution >= 4 is 34.8 Å². The summed E-state index contributed by atoms with van der Waals surface area (Å²) in [7, 11) is 1.77. The van der Waals surface area contributed by atoms with Crippen LogP contribution in [0.25, 0.3) is 10.9 Å². The number of fused-ring (bicyclic) bond motifs is 1. The van der Waals surface area contributed by atoms with Crippen LogP contribution in [0.2, 0.25) is 0 Å². The Kier molecular flexibility index (Phi) is 5.52. The number of aromatic nitrogens is 2. The van der Waals surface area contributed by atoms with E-state index in [1.54, 1.807) is 16.6 Å². The first-order chi connectivity index (χ1) is 16.4. The third kappa shape index (κ3) is 4.34. The molecule has 3 heterocycles. The molecule has 1 N–H and O–H groups in total. The van der Waals surface area contributed by atoms with E-state index in [1.165, 1.54) is 11.0 Å². The Bertz CT molecular complexity index is 1200. The summed E-state index contributed by atoms with van der Waals surface area (Å²) in [5.41, 5.74) is 1.05. The number of hydrogen-bond donors (Lipinski definition) is 1. The summed E-state index contributed by atoms with van der Waals surface area (Å²) in [4.78, 5) is 39.3. The lowest BCUT2D eigenvalue weighted by atomic mass is 9.56. The molecule has 9 nitrogen and oxygen atoms in total. The lowest BCUT2D eigenvalue weighted by Crippen LogP contribution is -2.49. The molecular formula is C25H32FN5O4. The molecule has 188 valence electrons. The van der Waals surface area contributed by atoms with Crippen molar-refractivity contribution in [3.8, 4) is 0 Å². The first kappa shape index (κ1) is 23.6. The number of rotatable bonds is 2. The van der Waals surface area contributed by atoms with Crippen LogP contribution in [0.15, 0.2) is 12.1 Å². The smallest absolute Gasteiger partial charge is 0.410 e. The van der Waals surface area contributed by atoms with E-state index in [9.17, 15) is 14.4 Å². The molecule has 2 aliphatic heterocycles. The number of anilines is 1. The average Bonchev–Trinajstić information content (AvgIpc) is 3.05. The molecule has 2 aromatic rings. The van der Waals surface area contributed by atoms with Gasteiger partial charge in [-0.2, -0.15) is 5.10 Å². The molecule has 1 saturated carbocycles. The van der Waals surface area contributed by atoms with Crippen LogP contribution in [0.3, 0.4) is 0 Å². The number of hydrogen-bond acceptors (Lipinski definition) is 5. The van der Waals surface area contributed by atoms with Crippen LogP contribution in [0.4, 0.5) is 19.8 Å². The zero-order valence-corrected chi connectivity index (χ0v) is 20.7. The van der Waals surface area contributed by atoms with Gasteiger partial charge in [0.05, 0.1) is 5.52 Å². The van der Waals surface area contributed by atoms with E-state index in [0.717, 1.165) is 31.2 Å². The predicted molar refractivity (Wildman–Crippen MR) is 128 cm³/mol. The maximum absolute atomic E-state index is 15.3. The van der Waals surface area contributed by atoms with Crippen molar-refractivity contribution in [3.05, 3.63) is 23.5 Å². The fourth-order valence-electron chi connectivity index (χ4n) is 5.66. The molecule has 3 aliphatic rings. The van der Waals surface area contributed by atoms with Crippen molar-refractivity contribution in [3.63, 3.8) is 0 Å². The third-order valence-electron chi connectivity index (χ3n) is 7.53. The van der Waals surface area contributed by atoms with Gasteiger partial charge in [0.1, 0.15) is 11.4 Å². The molecule has 10 heteroatoms. The molecule has 1 spiro atoms. The molecule has 2 saturated heterocycles. The van der Waals surface area contributed by atoms with Crippen molar-refractivity contribution < 1.29 is 23.5 Å². The van der Waals surface area contributed by atoms with Gasteiger partial charge in [0.15, 0.2) is 5.82 Å². The van der Waals surface area contributed by atoms with E-state index >= 15 is 4.39 Å². The number of likely N-dealkylation sites (tertiary alicyclic amines) is 1. The molecule has 35 heavy (non-hydrogen) atoms. The lowest BCUT2D eigenvalue weighted by Gasteiger charge is -2.52. The van der Waals surface area contributed by atoms with E-state index in [-0.39, 0.29) is 42.1 Å². The second kappa shape index (κ2) is 8.20. The molecular weight excluding hydrogens is 453 g/mol. The Morgan fingerprint density at radius 3 is 2.49 bits per heavy atom. The monoisotopic (exact) mass is 485 g/mol. The first-order valence-corrected chi connectivity index (χ1v) is 12.2. The topological polar surface area (TPSA) is 96.8 Å².